The molecule has 0 radical (unpaired) electrons. The molecule has 5 heteroatoms. The van der Waals surface area contributed by atoms with Crippen LogP contribution in [0.15, 0.2) is 53.5 Å². The van der Waals surface area contributed by atoms with Crippen molar-refractivity contribution in [3.8, 4) is 0 Å². The van der Waals surface area contributed by atoms with Crippen LogP contribution >= 0.6 is 0 Å². The van der Waals surface area contributed by atoms with Crippen molar-refractivity contribution in [3.05, 3.63) is 65.7 Å². The molecule has 0 aliphatic carbocycles. The zero-order valence-corrected chi connectivity index (χ0v) is 10.1. The molecule has 0 spiro atoms. The monoisotopic (exact) mass is 261 g/mol. The van der Waals surface area contributed by atoms with Gasteiger partial charge in [0.25, 0.3) is 0 Å². The van der Waals surface area contributed by atoms with E-state index in [2.05, 4.69) is 10.3 Å². The third-order valence-electron chi connectivity index (χ3n) is 2.49. The Morgan fingerprint density at radius 2 is 1.79 bits per heavy atom. The lowest BCUT2D eigenvalue weighted by atomic mass is 10.2. The smallest absolute Gasteiger partial charge is 0.193 e. The van der Waals surface area contributed by atoms with Gasteiger partial charge in [-0.15, -0.1) is 0 Å². The minimum Gasteiger partial charge on any atom is -0.370 e. The van der Waals surface area contributed by atoms with Crippen molar-refractivity contribution in [2.24, 2.45) is 10.7 Å². The molecule has 0 aliphatic rings. The Labute approximate surface area is 109 Å². The summed E-state index contributed by atoms with van der Waals surface area (Å²) in [5.41, 5.74) is 6.57. The molecule has 2 rings (SSSR count). The molecule has 3 nitrogen and oxygen atoms in total. The zero-order chi connectivity index (χ0) is 13.7. The Bertz CT molecular complexity index is 582. The predicted molar refractivity (Wildman–Crippen MR) is 71.7 cm³/mol. The lowest BCUT2D eigenvalue weighted by molar-refractivity contribution is 0.512. The van der Waals surface area contributed by atoms with Gasteiger partial charge in [-0.3, -0.25) is 0 Å². The van der Waals surface area contributed by atoms with Crippen molar-refractivity contribution in [3.63, 3.8) is 0 Å². The number of nitrogens with two attached hydrogens (primary N) is 1. The summed E-state index contributed by atoms with van der Waals surface area (Å²) < 4.78 is 26.4. The molecule has 0 saturated carbocycles. The molecule has 0 amide bonds. The second kappa shape index (κ2) is 5.95. The Morgan fingerprint density at radius 1 is 1.05 bits per heavy atom. The van der Waals surface area contributed by atoms with Crippen molar-refractivity contribution in [2.45, 2.75) is 6.54 Å². The van der Waals surface area contributed by atoms with E-state index in [1.807, 2.05) is 30.3 Å². The summed E-state index contributed by atoms with van der Waals surface area (Å²) in [4.78, 5) is 4.05. The standard InChI is InChI=1S/C14H13F2N3/c15-11-7-4-8-12(13(11)16)19-14(17)18-9-10-5-2-1-3-6-10/h1-8H,9H2,(H3,17,18,19). The van der Waals surface area contributed by atoms with Crippen molar-refractivity contribution >= 4 is 11.6 Å². The summed E-state index contributed by atoms with van der Waals surface area (Å²) >= 11 is 0. The molecule has 2 aromatic rings. The highest BCUT2D eigenvalue weighted by Gasteiger charge is 2.07. The first-order valence-corrected chi connectivity index (χ1v) is 5.71. The van der Waals surface area contributed by atoms with Gasteiger partial charge in [-0.05, 0) is 17.7 Å². The first-order valence-electron chi connectivity index (χ1n) is 5.71. The molecular weight excluding hydrogens is 248 g/mol. The zero-order valence-electron chi connectivity index (χ0n) is 10.1. The number of anilines is 1. The average Bonchev–Trinajstić information content (AvgIpc) is 2.43. The van der Waals surface area contributed by atoms with Crippen LogP contribution in [-0.4, -0.2) is 5.96 Å². The molecule has 0 unspecified atom stereocenters. The van der Waals surface area contributed by atoms with E-state index < -0.39 is 11.6 Å². The fourth-order valence-electron chi connectivity index (χ4n) is 1.54. The summed E-state index contributed by atoms with van der Waals surface area (Å²) in [5.74, 6) is -1.87. The van der Waals surface area contributed by atoms with Crippen LogP contribution in [0.2, 0.25) is 0 Å². The molecule has 0 atom stereocenters. The van der Waals surface area contributed by atoms with Crippen molar-refractivity contribution < 1.29 is 8.78 Å². The maximum atomic E-state index is 13.4. The number of nitrogens with zero attached hydrogens (tertiary/aromatic N) is 1. The van der Waals surface area contributed by atoms with Crippen LogP contribution in [0.4, 0.5) is 14.5 Å². The Kier molecular flexibility index (Phi) is 4.07. The number of rotatable bonds is 3. The topological polar surface area (TPSA) is 50.4 Å². The lowest BCUT2D eigenvalue weighted by Gasteiger charge is -2.07. The number of aliphatic imine (C=N–C) groups is 1. The number of guanidine groups is 1. The second-order valence-corrected chi connectivity index (χ2v) is 3.91. The molecule has 0 bridgehead atoms. The van der Waals surface area contributed by atoms with Gasteiger partial charge in [0.15, 0.2) is 17.6 Å². The van der Waals surface area contributed by atoms with E-state index in [0.717, 1.165) is 11.6 Å². The molecule has 2 aromatic carbocycles. The minimum atomic E-state index is -0.972. The van der Waals surface area contributed by atoms with Crippen molar-refractivity contribution in [2.75, 3.05) is 5.32 Å². The van der Waals surface area contributed by atoms with Gasteiger partial charge in [0.1, 0.15) is 0 Å². The van der Waals surface area contributed by atoms with Gasteiger partial charge in [-0.2, -0.15) is 0 Å². The normalized spacial score (nSPS) is 11.4. The summed E-state index contributed by atoms with van der Waals surface area (Å²) in [7, 11) is 0. The van der Waals surface area contributed by atoms with E-state index in [1.54, 1.807) is 0 Å². The molecule has 0 saturated heterocycles. The highest BCUT2D eigenvalue weighted by molar-refractivity contribution is 5.92. The van der Waals surface area contributed by atoms with E-state index >= 15 is 0 Å². The lowest BCUT2D eigenvalue weighted by Crippen LogP contribution is -2.23. The Morgan fingerprint density at radius 3 is 2.53 bits per heavy atom. The van der Waals surface area contributed by atoms with Crippen molar-refractivity contribution in [1.82, 2.24) is 0 Å². The number of nitrogens with one attached hydrogen (secondary N) is 1. The quantitative estimate of drug-likeness (QED) is 0.659. The molecule has 0 heterocycles. The maximum absolute atomic E-state index is 13.4. The number of benzene rings is 2. The van der Waals surface area contributed by atoms with E-state index in [4.69, 9.17) is 5.73 Å². The van der Waals surface area contributed by atoms with Gasteiger partial charge in [0, 0.05) is 0 Å². The predicted octanol–water partition coefficient (Wildman–Crippen LogP) is 2.89. The molecule has 0 aromatic heterocycles. The van der Waals surface area contributed by atoms with Gasteiger partial charge < -0.3 is 11.1 Å². The number of hydrogen-bond donors (Lipinski definition) is 2. The summed E-state index contributed by atoms with van der Waals surface area (Å²) in [6.07, 6.45) is 0. The summed E-state index contributed by atoms with van der Waals surface area (Å²) in [6, 6.07) is 13.3. The molecule has 19 heavy (non-hydrogen) atoms. The molecule has 0 fully saturated rings. The van der Waals surface area contributed by atoms with E-state index in [-0.39, 0.29) is 11.6 Å². The number of hydrogen-bond acceptors (Lipinski definition) is 1. The van der Waals surface area contributed by atoms with E-state index in [0.29, 0.717) is 6.54 Å². The van der Waals surface area contributed by atoms with Crippen molar-refractivity contribution in [1.29, 1.82) is 0 Å². The van der Waals surface area contributed by atoms with Gasteiger partial charge in [0.05, 0.1) is 12.2 Å². The van der Waals surface area contributed by atoms with E-state index in [1.165, 1.54) is 12.1 Å². The minimum absolute atomic E-state index is 0.0330. The average molecular weight is 261 g/mol. The van der Waals surface area contributed by atoms with Crippen LogP contribution < -0.4 is 11.1 Å². The Balaban J connectivity index is 2.04. The van der Waals surface area contributed by atoms with Crippen LogP contribution in [0, 0.1) is 11.6 Å². The Hall–Kier alpha value is -2.43. The SMILES string of the molecule is NC(=NCc1ccccc1)Nc1cccc(F)c1F. The highest BCUT2D eigenvalue weighted by Crippen LogP contribution is 2.16. The van der Waals surface area contributed by atoms with Crippen LogP contribution in [0.5, 0.6) is 0 Å². The van der Waals surface area contributed by atoms with Crippen LogP contribution in [0.3, 0.4) is 0 Å². The first kappa shape index (κ1) is 13.0. The van der Waals surface area contributed by atoms with Gasteiger partial charge >= 0.3 is 0 Å². The summed E-state index contributed by atoms with van der Waals surface area (Å²) in [6.45, 7) is 0.372. The van der Waals surface area contributed by atoms with E-state index in [9.17, 15) is 8.78 Å². The summed E-state index contributed by atoms with van der Waals surface area (Å²) in [5, 5.41) is 2.53. The molecule has 98 valence electrons. The van der Waals surface area contributed by atoms with Gasteiger partial charge in [-0.25, -0.2) is 13.8 Å². The van der Waals surface area contributed by atoms with Crippen LogP contribution in [-0.2, 0) is 6.54 Å². The molecule has 3 N–H and O–H groups in total. The third kappa shape index (κ3) is 3.51. The fraction of sp³-hybridized carbons (Fsp3) is 0.0714. The third-order valence-corrected chi connectivity index (χ3v) is 2.49. The van der Waals surface area contributed by atoms with Gasteiger partial charge in [0.2, 0.25) is 0 Å². The number of halogens is 2. The largest absolute Gasteiger partial charge is 0.370 e. The maximum Gasteiger partial charge on any atom is 0.193 e. The van der Waals surface area contributed by atoms with Crippen LogP contribution in [0.25, 0.3) is 0 Å². The fourth-order valence-corrected chi connectivity index (χ4v) is 1.54. The second-order valence-electron chi connectivity index (χ2n) is 3.91. The molecular formula is C14H13F2N3. The van der Waals surface area contributed by atoms with Crippen LogP contribution in [0.1, 0.15) is 5.56 Å². The molecule has 0 aliphatic heterocycles. The van der Waals surface area contributed by atoms with Gasteiger partial charge in [-0.1, -0.05) is 36.4 Å². The highest BCUT2D eigenvalue weighted by atomic mass is 19.2. The first-order chi connectivity index (χ1) is 9.16.